The molecule has 0 aliphatic carbocycles. The Morgan fingerprint density at radius 2 is 1.50 bits per heavy atom. The van der Waals surface area contributed by atoms with Crippen molar-refractivity contribution in [2.45, 2.75) is 6.67 Å². The van der Waals surface area contributed by atoms with Gasteiger partial charge in [-0.1, -0.05) is 48.5 Å². The third kappa shape index (κ3) is 4.30. The summed E-state index contributed by atoms with van der Waals surface area (Å²) in [6.07, 6.45) is 0. The minimum atomic E-state index is -0.105. The number of rotatable bonds is 5. The molecule has 1 amide bonds. The number of hydrogen-bond donors (Lipinski definition) is 0. The van der Waals surface area contributed by atoms with Crippen molar-refractivity contribution in [2.75, 3.05) is 33.3 Å². The molecule has 5 rings (SSSR count). The molecule has 1 aromatic heterocycles. The molecule has 0 unspecified atom stereocenters. The van der Waals surface area contributed by atoms with Crippen molar-refractivity contribution in [3.8, 4) is 17.0 Å². The van der Waals surface area contributed by atoms with E-state index in [4.69, 9.17) is 9.84 Å². The number of carbonyl (C=O) groups is 1. The van der Waals surface area contributed by atoms with E-state index in [9.17, 15) is 9.59 Å². The lowest BCUT2D eigenvalue weighted by molar-refractivity contribution is 0.0583. The Morgan fingerprint density at radius 3 is 2.18 bits per heavy atom. The normalized spacial score (nSPS) is 14.3. The zero-order chi connectivity index (χ0) is 23.5. The first-order valence-electron chi connectivity index (χ1n) is 11.3. The molecule has 1 aliphatic rings. The maximum atomic E-state index is 13.2. The number of nitrogens with zero attached hydrogens (tertiary/aromatic N) is 4. The molecule has 1 fully saturated rings. The molecule has 7 heteroatoms. The van der Waals surface area contributed by atoms with Crippen molar-refractivity contribution in [3.63, 3.8) is 0 Å². The van der Waals surface area contributed by atoms with Gasteiger partial charge in [-0.3, -0.25) is 14.5 Å². The lowest BCUT2D eigenvalue weighted by Crippen LogP contribution is -2.50. The lowest BCUT2D eigenvalue weighted by Gasteiger charge is -2.34. The molecule has 34 heavy (non-hydrogen) atoms. The van der Waals surface area contributed by atoms with E-state index in [0.717, 1.165) is 22.4 Å². The Hall–Kier alpha value is -3.97. The van der Waals surface area contributed by atoms with E-state index in [1.54, 1.807) is 36.1 Å². The van der Waals surface area contributed by atoms with Gasteiger partial charge in [-0.25, -0.2) is 4.68 Å². The Morgan fingerprint density at radius 1 is 0.853 bits per heavy atom. The van der Waals surface area contributed by atoms with Crippen LogP contribution in [0.1, 0.15) is 10.4 Å². The first-order valence-corrected chi connectivity index (χ1v) is 11.3. The van der Waals surface area contributed by atoms with E-state index < -0.39 is 0 Å². The summed E-state index contributed by atoms with van der Waals surface area (Å²) in [4.78, 5) is 30.1. The van der Waals surface area contributed by atoms with Gasteiger partial charge in [0.15, 0.2) is 0 Å². The molecule has 4 aromatic rings. The monoisotopic (exact) mass is 454 g/mol. The molecular weight excluding hydrogens is 428 g/mol. The van der Waals surface area contributed by atoms with Gasteiger partial charge in [0.05, 0.1) is 24.9 Å². The number of benzene rings is 3. The highest BCUT2D eigenvalue weighted by Gasteiger charge is 2.23. The fourth-order valence-electron chi connectivity index (χ4n) is 4.34. The van der Waals surface area contributed by atoms with Crippen LogP contribution >= 0.6 is 0 Å². The predicted octanol–water partition coefficient (Wildman–Crippen LogP) is 3.49. The van der Waals surface area contributed by atoms with Crippen LogP contribution in [0.3, 0.4) is 0 Å². The molecule has 2 heterocycles. The number of carbonyl (C=O) groups excluding carboxylic acids is 1. The SMILES string of the molecule is COc1ccc(C(=O)N2CCN(Cn3nc(-c4ccccc4)c4ccccc4c3=O)CC2)cc1. The van der Waals surface area contributed by atoms with Crippen molar-refractivity contribution < 1.29 is 9.53 Å². The summed E-state index contributed by atoms with van der Waals surface area (Å²) in [6.45, 7) is 2.92. The van der Waals surface area contributed by atoms with Crippen LogP contribution in [0.15, 0.2) is 83.7 Å². The lowest BCUT2D eigenvalue weighted by atomic mass is 10.1. The Labute approximate surface area is 197 Å². The smallest absolute Gasteiger partial charge is 0.275 e. The third-order valence-corrected chi connectivity index (χ3v) is 6.25. The summed E-state index contributed by atoms with van der Waals surface area (Å²) in [5.41, 5.74) is 2.31. The van der Waals surface area contributed by atoms with Crippen molar-refractivity contribution in [1.82, 2.24) is 19.6 Å². The topological polar surface area (TPSA) is 67.7 Å². The molecule has 1 aliphatic heterocycles. The summed E-state index contributed by atoms with van der Waals surface area (Å²) in [5.74, 6) is 0.735. The molecule has 0 spiro atoms. The first kappa shape index (κ1) is 21.9. The largest absolute Gasteiger partial charge is 0.497 e. The molecule has 172 valence electrons. The van der Waals surface area contributed by atoms with Crippen LogP contribution in [0.25, 0.3) is 22.0 Å². The van der Waals surface area contributed by atoms with Crippen LogP contribution in [0.4, 0.5) is 0 Å². The second-order valence-corrected chi connectivity index (χ2v) is 8.35. The summed E-state index contributed by atoms with van der Waals surface area (Å²) in [7, 11) is 1.61. The number of methoxy groups -OCH3 is 1. The number of aromatic nitrogens is 2. The first-order chi connectivity index (χ1) is 16.6. The zero-order valence-corrected chi connectivity index (χ0v) is 19.1. The fourth-order valence-corrected chi connectivity index (χ4v) is 4.34. The van der Waals surface area contributed by atoms with Crippen molar-refractivity contribution in [1.29, 1.82) is 0 Å². The van der Waals surface area contributed by atoms with E-state index in [2.05, 4.69) is 4.90 Å². The molecular formula is C27H26N4O3. The summed E-state index contributed by atoms with van der Waals surface area (Å²) < 4.78 is 6.72. The van der Waals surface area contributed by atoms with E-state index in [-0.39, 0.29) is 11.5 Å². The van der Waals surface area contributed by atoms with Crippen LogP contribution < -0.4 is 10.3 Å². The highest BCUT2D eigenvalue weighted by Crippen LogP contribution is 2.24. The van der Waals surface area contributed by atoms with Crippen LogP contribution in [-0.2, 0) is 6.67 Å². The number of piperazine rings is 1. The predicted molar refractivity (Wildman–Crippen MR) is 132 cm³/mol. The Kier molecular flexibility index (Phi) is 6.10. The van der Waals surface area contributed by atoms with E-state index >= 15 is 0 Å². The van der Waals surface area contributed by atoms with Crippen molar-refractivity contribution >= 4 is 16.7 Å². The molecule has 0 radical (unpaired) electrons. The number of hydrogen-bond acceptors (Lipinski definition) is 5. The van der Waals surface area contributed by atoms with Crippen LogP contribution in [-0.4, -0.2) is 58.8 Å². The summed E-state index contributed by atoms with van der Waals surface area (Å²) in [5, 5.41) is 6.26. The van der Waals surface area contributed by atoms with Gasteiger partial charge < -0.3 is 9.64 Å². The molecule has 0 bridgehead atoms. The van der Waals surface area contributed by atoms with Gasteiger partial charge in [-0.05, 0) is 30.3 Å². The number of fused-ring (bicyclic) bond motifs is 1. The van der Waals surface area contributed by atoms with Gasteiger partial charge >= 0.3 is 0 Å². The second kappa shape index (κ2) is 9.49. The average Bonchev–Trinajstić information content (AvgIpc) is 2.91. The van der Waals surface area contributed by atoms with E-state index in [1.807, 2.05) is 59.5 Å². The minimum absolute atomic E-state index is 0.00895. The Balaban J connectivity index is 1.34. The molecule has 0 N–H and O–H groups in total. The number of ether oxygens (including phenoxy) is 1. The van der Waals surface area contributed by atoms with E-state index in [1.165, 1.54) is 0 Å². The zero-order valence-electron chi connectivity index (χ0n) is 19.1. The maximum absolute atomic E-state index is 13.2. The van der Waals surface area contributed by atoms with Crippen LogP contribution in [0.5, 0.6) is 5.75 Å². The van der Waals surface area contributed by atoms with Crippen LogP contribution in [0, 0.1) is 0 Å². The fraction of sp³-hybridized carbons (Fsp3) is 0.222. The molecule has 7 nitrogen and oxygen atoms in total. The molecule has 3 aromatic carbocycles. The second-order valence-electron chi connectivity index (χ2n) is 8.35. The molecule has 1 saturated heterocycles. The minimum Gasteiger partial charge on any atom is -0.497 e. The highest BCUT2D eigenvalue weighted by atomic mass is 16.5. The van der Waals surface area contributed by atoms with Gasteiger partial charge in [-0.2, -0.15) is 5.10 Å². The van der Waals surface area contributed by atoms with Crippen LogP contribution in [0.2, 0.25) is 0 Å². The van der Waals surface area contributed by atoms with E-state index in [0.29, 0.717) is 43.8 Å². The van der Waals surface area contributed by atoms with Gasteiger partial charge in [0.1, 0.15) is 5.75 Å². The van der Waals surface area contributed by atoms with Crippen molar-refractivity contribution in [3.05, 3.63) is 94.8 Å². The Bertz CT molecular complexity index is 1360. The van der Waals surface area contributed by atoms with Gasteiger partial charge in [0, 0.05) is 42.7 Å². The van der Waals surface area contributed by atoms with Crippen molar-refractivity contribution in [2.24, 2.45) is 0 Å². The van der Waals surface area contributed by atoms with Gasteiger partial charge in [-0.15, -0.1) is 0 Å². The molecule has 0 saturated carbocycles. The third-order valence-electron chi connectivity index (χ3n) is 6.25. The summed E-state index contributed by atoms with van der Waals surface area (Å²) >= 11 is 0. The standard InChI is InChI=1S/C27H26N4O3/c1-34-22-13-11-21(12-14-22)26(32)30-17-15-29(16-18-30)19-31-27(33)24-10-6-5-9-23(24)25(28-31)20-7-3-2-4-8-20/h2-14H,15-19H2,1H3. The van der Waals surface area contributed by atoms with Gasteiger partial charge in [0.2, 0.25) is 0 Å². The number of amides is 1. The van der Waals surface area contributed by atoms with Gasteiger partial charge in [0.25, 0.3) is 11.5 Å². The molecule has 0 atom stereocenters. The average molecular weight is 455 g/mol. The quantitative estimate of drug-likeness (QED) is 0.462. The summed E-state index contributed by atoms with van der Waals surface area (Å²) in [6, 6.07) is 24.7. The maximum Gasteiger partial charge on any atom is 0.275 e. The highest BCUT2D eigenvalue weighted by molar-refractivity contribution is 5.94.